The molecular weight excluding hydrogens is 410 g/mol. The van der Waals surface area contributed by atoms with Gasteiger partial charge in [0.15, 0.2) is 5.78 Å². The number of ketones is 1. The van der Waals surface area contributed by atoms with E-state index in [9.17, 15) is 28.1 Å². The fourth-order valence-electron chi connectivity index (χ4n) is 2.66. The van der Waals surface area contributed by atoms with Crippen molar-refractivity contribution in [1.29, 1.82) is 0 Å². The molecule has 0 atom stereocenters. The molecular formula is C21H15NO7S. The summed E-state index contributed by atoms with van der Waals surface area (Å²) >= 11 is 0. The molecule has 30 heavy (non-hydrogen) atoms. The zero-order valence-corrected chi connectivity index (χ0v) is 16.5. The van der Waals surface area contributed by atoms with Crippen molar-refractivity contribution in [2.45, 2.75) is 16.7 Å². The Morgan fingerprint density at radius 2 is 1.50 bits per heavy atom. The molecule has 9 heteroatoms. The molecule has 152 valence electrons. The van der Waals surface area contributed by atoms with Crippen molar-refractivity contribution in [2.75, 3.05) is 0 Å². The molecule has 0 unspecified atom stereocenters. The van der Waals surface area contributed by atoms with Crippen LogP contribution in [-0.2, 0) is 9.84 Å². The quantitative estimate of drug-likeness (QED) is 0.193. The molecule has 0 saturated carbocycles. The number of hydrogen-bond acceptors (Lipinski definition) is 7. The molecule has 0 aliphatic carbocycles. The monoisotopic (exact) mass is 425 g/mol. The maximum atomic E-state index is 13.0. The van der Waals surface area contributed by atoms with E-state index in [2.05, 4.69) is 0 Å². The lowest BCUT2D eigenvalue weighted by Gasteiger charge is -2.10. The van der Waals surface area contributed by atoms with Crippen molar-refractivity contribution >= 4 is 27.3 Å². The number of nitrogens with zero attached hydrogens (tertiary/aromatic N) is 1. The topological polar surface area (TPSA) is 121 Å². The van der Waals surface area contributed by atoms with Crippen molar-refractivity contribution in [3.63, 3.8) is 0 Å². The minimum atomic E-state index is -4.14. The summed E-state index contributed by atoms with van der Waals surface area (Å²) in [5, 5.41) is 10.8. The number of sulfone groups is 1. The third-order valence-corrected chi connectivity index (χ3v) is 6.05. The van der Waals surface area contributed by atoms with E-state index in [-0.39, 0.29) is 32.6 Å². The van der Waals surface area contributed by atoms with Crippen LogP contribution in [0.25, 0.3) is 0 Å². The highest BCUT2D eigenvalue weighted by Crippen LogP contribution is 2.27. The molecule has 0 amide bonds. The van der Waals surface area contributed by atoms with Gasteiger partial charge >= 0.3 is 5.97 Å². The molecule has 0 aliphatic heterocycles. The fraction of sp³-hybridized carbons (Fsp3) is 0.0476. The second-order valence-electron chi connectivity index (χ2n) is 6.22. The van der Waals surface area contributed by atoms with Gasteiger partial charge in [0.25, 0.3) is 5.69 Å². The molecule has 0 radical (unpaired) electrons. The van der Waals surface area contributed by atoms with Crippen LogP contribution < -0.4 is 4.74 Å². The standard InChI is InChI=1S/C21H15NO7S/c1-14(23)15-6-10-17(11-7-15)29-21(24)19-4-2-3-5-20(19)30(27,28)18-12-8-16(9-13-18)22(25)26/h2-13H,1H3. The lowest BCUT2D eigenvalue weighted by atomic mass is 10.1. The first-order valence-corrected chi connectivity index (χ1v) is 10.1. The molecule has 3 aromatic rings. The average Bonchev–Trinajstić information content (AvgIpc) is 2.74. The Balaban J connectivity index is 1.93. The Hall–Kier alpha value is -3.85. The molecule has 0 aliphatic rings. The molecule has 0 heterocycles. The van der Waals surface area contributed by atoms with Crippen LogP contribution in [-0.4, -0.2) is 25.1 Å². The summed E-state index contributed by atoms with van der Waals surface area (Å²) in [6.07, 6.45) is 0. The number of hydrogen-bond donors (Lipinski definition) is 0. The van der Waals surface area contributed by atoms with Gasteiger partial charge in [0.05, 0.1) is 20.3 Å². The number of rotatable bonds is 6. The third kappa shape index (κ3) is 4.26. The van der Waals surface area contributed by atoms with Crippen molar-refractivity contribution in [2.24, 2.45) is 0 Å². The number of benzene rings is 3. The molecule has 0 fully saturated rings. The first-order valence-electron chi connectivity index (χ1n) is 8.62. The second-order valence-corrected chi connectivity index (χ2v) is 8.14. The van der Waals surface area contributed by atoms with Crippen molar-refractivity contribution < 1.29 is 27.7 Å². The summed E-state index contributed by atoms with van der Waals surface area (Å²) in [4.78, 5) is 33.6. The highest BCUT2D eigenvalue weighted by Gasteiger charge is 2.26. The van der Waals surface area contributed by atoms with E-state index in [1.807, 2.05) is 0 Å². The third-order valence-electron chi connectivity index (χ3n) is 4.23. The average molecular weight is 425 g/mol. The highest BCUT2D eigenvalue weighted by molar-refractivity contribution is 7.91. The molecule has 0 bridgehead atoms. The molecule has 0 aromatic heterocycles. The first kappa shape index (κ1) is 20.9. The van der Waals surface area contributed by atoms with Gasteiger partial charge in [0.1, 0.15) is 5.75 Å². The SMILES string of the molecule is CC(=O)c1ccc(OC(=O)c2ccccc2S(=O)(=O)c2ccc([N+](=O)[O-])cc2)cc1. The normalized spacial score (nSPS) is 11.0. The van der Waals surface area contributed by atoms with E-state index in [4.69, 9.17) is 4.74 Å². The van der Waals surface area contributed by atoms with Gasteiger partial charge in [-0.05, 0) is 55.5 Å². The summed E-state index contributed by atoms with van der Waals surface area (Å²) < 4.78 is 31.2. The van der Waals surface area contributed by atoms with Gasteiger partial charge in [-0.1, -0.05) is 12.1 Å². The molecule has 0 N–H and O–H groups in total. The number of non-ortho nitro benzene ring substituents is 1. The molecule has 0 saturated heterocycles. The fourth-order valence-corrected chi connectivity index (χ4v) is 4.11. The Labute approximate surface area is 171 Å². The van der Waals surface area contributed by atoms with Crippen LogP contribution in [0, 0.1) is 10.1 Å². The predicted octanol–water partition coefficient (Wildman–Crippen LogP) is 3.85. The summed E-state index contributed by atoms with van der Waals surface area (Å²) in [7, 11) is -4.14. The van der Waals surface area contributed by atoms with E-state index in [0.717, 1.165) is 24.3 Å². The van der Waals surface area contributed by atoms with Crippen LogP contribution in [0.5, 0.6) is 5.75 Å². The Morgan fingerprint density at radius 3 is 2.07 bits per heavy atom. The Morgan fingerprint density at radius 1 is 0.900 bits per heavy atom. The Kier molecular flexibility index (Phi) is 5.74. The lowest BCUT2D eigenvalue weighted by Crippen LogP contribution is -2.14. The maximum absolute atomic E-state index is 13.0. The van der Waals surface area contributed by atoms with Gasteiger partial charge in [-0.15, -0.1) is 0 Å². The van der Waals surface area contributed by atoms with Crippen molar-refractivity contribution in [1.82, 2.24) is 0 Å². The minimum absolute atomic E-state index is 0.146. The summed E-state index contributed by atoms with van der Waals surface area (Å²) in [5.41, 5.74) is -0.00176. The van der Waals surface area contributed by atoms with Crippen LogP contribution in [0.1, 0.15) is 27.6 Å². The van der Waals surface area contributed by atoms with Crippen LogP contribution in [0.4, 0.5) is 5.69 Å². The van der Waals surface area contributed by atoms with E-state index in [1.54, 1.807) is 0 Å². The first-order chi connectivity index (χ1) is 14.2. The zero-order chi connectivity index (χ0) is 21.9. The van der Waals surface area contributed by atoms with Gasteiger partial charge in [-0.3, -0.25) is 14.9 Å². The summed E-state index contributed by atoms with van der Waals surface area (Å²) in [5.74, 6) is -0.897. The van der Waals surface area contributed by atoms with Gasteiger partial charge in [-0.25, -0.2) is 13.2 Å². The van der Waals surface area contributed by atoms with E-state index < -0.39 is 20.7 Å². The van der Waals surface area contributed by atoms with Gasteiger partial charge in [0.2, 0.25) is 9.84 Å². The number of Topliss-reactive ketones (excluding diaryl/α,β-unsaturated/α-hetero) is 1. The second kappa shape index (κ2) is 8.26. The highest BCUT2D eigenvalue weighted by atomic mass is 32.2. The molecule has 3 aromatic carbocycles. The van der Waals surface area contributed by atoms with Gasteiger partial charge in [-0.2, -0.15) is 0 Å². The zero-order valence-electron chi connectivity index (χ0n) is 15.6. The van der Waals surface area contributed by atoms with Crippen molar-refractivity contribution in [3.8, 4) is 5.75 Å². The van der Waals surface area contributed by atoms with Crippen LogP contribution in [0.2, 0.25) is 0 Å². The van der Waals surface area contributed by atoms with Gasteiger partial charge < -0.3 is 4.74 Å². The van der Waals surface area contributed by atoms with Crippen LogP contribution >= 0.6 is 0 Å². The molecule has 8 nitrogen and oxygen atoms in total. The number of carbonyl (C=O) groups excluding carboxylic acids is 2. The van der Waals surface area contributed by atoms with Crippen LogP contribution in [0.3, 0.4) is 0 Å². The summed E-state index contributed by atoms with van der Waals surface area (Å²) in [6, 6.07) is 15.7. The molecule has 0 spiro atoms. The largest absolute Gasteiger partial charge is 0.423 e. The molecule has 3 rings (SSSR count). The van der Waals surface area contributed by atoms with E-state index >= 15 is 0 Å². The Bertz CT molecular complexity index is 1230. The number of nitro groups is 1. The minimum Gasteiger partial charge on any atom is -0.423 e. The maximum Gasteiger partial charge on any atom is 0.344 e. The number of carbonyl (C=O) groups is 2. The lowest BCUT2D eigenvalue weighted by molar-refractivity contribution is -0.384. The van der Waals surface area contributed by atoms with Crippen molar-refractivity contribution in [3.05, 3.63) is 94.0 Å². The smallest absolute Gasteiger partial charge is 0.344 e. The van der Waals surface area contributed by atoms with Crippen LogP contribution in [0.15, 0.2) is 82.6 Å². The number of esters is 1. The number of nitro benzene ring substituents is 1. The van der Waals surface area contributed by atoms with E-state index in [0.29, 0.717) is 5.56 Å². The number of ether oxygens (including phenoxy) is 1. The van der Waals surface area contributed by atoms with Gasteiger partial charge in [0, 0.05) is 17.7 Å². The summed E-state index contributed by atoms with van der Waals surface area (Å²) in [6.45, 7) is 1.40. The van der Waals surface area contributed by atoms with E-state index in [1.165, 1.54) is 55.5 Å². The predicted molar refractivity (Wildman–Crippen MR) is 106 cm³/mol.